The van der Waals surface area contributed by atoms with E-state index < -0.39 is 0 Å². The third-order valence-electron chi connectivity index (χ3n) is 3.61. The van der Waals surface area contributed by atoms with Gasteiger partial charge >= 0.3 is 6.03 Å². The zero-order chi connectivity index (χ0) is 13.2. The zero-order valence-electron chi connectivity index (χ0n) is 10.9. The Morgan fingerprint density at radius 3 is 2.28 bits per heavy atom. The molecular weight excluding hydrogens is 231 g/mol. The fourth-order valence-corrected chi connectivity index (χ4v) is 2.55. The minimum absolute atomic E-state index is 0.0961. The maximum atomic E-state index is 13.0. The Labute approximate surface area is 107 Å². The van der Waals surface area contributed by atoms with Gasteiger partial charge in [-0.1, -0.05) is 25.0 Å². The summed E-state index contributed by atoms with van der Waals surface area (Å²) in [6.45, 7) is 0. The van der Waals surface area contributed by atoms with Gasteiger partial charge in [-0.05, 0) is 30.5 Å². The van der Waals surface area contributed by atoms with Gasteiger partial charge in [0.1, 0.15) is 5.82 Å². The van der Waals surface area contributed by atoms with Gasteiger partial charge in [0.25, 0.3) is 0 Å². The summed E-state index contributed by atoms with van der Waals surface area (Å²) in [5, 5.41) is 3.09. The summed E-state index contributed by atoms with van der Waals surface area (Å²) in [5.41, 5.74) is 0.673. The van der Waals surface area contributed by atoms with Crippen molar-refractivity contribution < 1.29 is 9.18 Å². The van der Waals surface area contributed by atoms with Crippen LogP contribution in [0.2, 0.25) is 0 Å². The van der Waals surface area contributed by atoms with Crippen LogP contribution < -0.4 is 5.32 Å². The first-order chi connectivity index (χ1) is 8.53. The first-order valence-electron chi connectivity index (χ1n) is 6.29. The van der Waals surface area contributed by atoms with Gasteiger partial charge in [-0.3, -0.25) is 0 Å². The van der Waals surface area contributed by atoms with E-state index in [2.05, 4.69) is 5.32 Å². The predicted octanol–water partition coefficient (Wildman–Crippen LogP) is 2.87. The lowest BCUT2D eigenvalue weighted by molar-refractivity contribution is 0.200. The van der Waals surface area contributed by atoms with Crippen molar-refractivity contribution in [1.82, 2.24) is 10.2 Å². The molecule has 4 heteroatoms. The molecular formula is C14H19FN2O. The van der Waals surface area contributed by atoms with Crippen LogP contribution in [-0.2, 0) is 5.54 Å². The van der Waals surface area contributed by atoms with Crippen LogP contribution in [-0.4, -0.2) is 25.0 Å². The normalized spacial score (nSPS) is 17.5. The monoisotopic (exact) mass is 250 g/mol. The predicted molar refractivity (Wildman–Crippen MR) is 68.8 cm³/mol. The lowest BCUT2D eigenvalue weighted by Crippen LogP contribution is -2.48. The van der Waals surface area contributed by atoms with E-state index in [-0.39, 0.29) is 17.4 Å². The molecule has 0 aliphatic heterocycles. The molecule has 1 aromatic carbocycles. The third kappa shape index (κ3) is 2.47. The van der Waals surface area contributed by atoms with E-state index in [0.717, 1.165) is 31.2 Å². The number of rotatable bonds is 2. The lowest BCUT2D eigenvalue weighted by Gasteiger charge is -2.32. The van der Waals surface area contributed by atoms with Crippen molar-refractivity contribution >= 4 is 6.03 Å². The number of carbonyl (C=O) groups excluding carboxylic acids is 1. The molecule has 0 spiro atoms. The fourth-order valence-electron chi connectivity index (χ4n) is 2.55. The highest BCUT2D eigenvalue weighted by Gasteiger charge is 2.37. The van der Waals surface area contributed by atoms with Crippen LogP contribution in [0.1, 0.15) is 31.2 Å². The van der Waals surface area contributed by atoms with Crippen LogP contribution in [0, 0.1) is 5.82 Å². The lowest BCUT2D eigenvalue weighted by atomic mass is 9.88. The van der Waals surface area contributed by atoms with E-state index in [1.54, 1.807) is 26.2 Å². The number of halogens is 1. The number of nitrogens with one attached hydrogen (secondary N) is 1. The summed E-state index contributed by atoms with van der Waals surface area (Å²) in [4.78, 5) is 13.4. The Kier molecular flexibility index (Phi) is 3.55. The highest BCUT2D eigenvalue weighted by atomic mass is 19.1. The molecule has 18 heavy (non-hydrogen) atoms. The molecule has 1 N–H and O–H groups in total. The number of hydrogen-bond donors (Lipinski definition) is 1. The van der Waals surface area contributed by atoms with Gasteiger partial charge in [-0.25, -0.2) is 9.18 Å². The topological polar surface area (TPSA) is 32.3 Å². The Morgan fingerprint density at radius 2 is 1.78 bits per heavy atom. The van der Waals surface area contributed by atoms with Crippen LogP contribution in [0.3, 0.4) is 0 Å². The smallest absolute Gasteiger partial charge is 0.317 e. The summed E-state index contributed by atoms with van der Waals surface area (Å²) in [6, 6.07) is 6.36. The molecule has 1 saturated carbocycles. The minimum Gasteiger partial charge on any atom is -0.331 e. The summed E-state index contributed by atoms with van der Waals surface area (Å²) in [7, 11) is 3.45. The van der Waals surface area contributed by atoms with Gasteiger partial charge in [-0.15, -0.1) is 0 Å². The van der Waals surface area contributed by atoms with Crippen molar-refractivity contribution in [3.05, 3.63) is 35.6 Å². The van der Waals surface area contributed by atoms with Crippen LogP contribution in [0.15, 0.2) is 24.3 Å². The molecule has 1 aliphatic rings. The molecule has 1 fully saturated rings. The first kappa shape index (κ1) is 12.9. The van der Waals surface area contributed by atoms with Gasteiger partial charge in [0.15, 0.2) is 0 Å². The zero-order valence-corrected chi connectivity index (χ0v) is 10.9. The third-order valence-corrected chi connectivity index (χ3v) is 3.61. The van der Waals surface area contributed by atoms with Crippen molar-refractivity contribution in [2.45, 2.75) is 31.2 Å². The van der Waals surface area contributed by atoms with Crippen LogP contribution in [0.25, 0.3) is 0 Å². The van der Waals surface area contributed by atoms with Crippen molar-refractivity contribution in [3.63, 3.8) is 0 Å². The minimum atomic E-state index is -0.324. The Hall–Kier alpha value is -1.58. The molecule has 0 radical (unpaired) electrons. The number of nitrogens with zero attached hydrogens (tertiary/aromatic N) is 1. The van der Waals surface area contributed by atoms with Crippen molar-refractivity contribution in [3.8, 4) is 0 Å². The molecule has 0 saturated heterocycles. The van der Waals surface area contributed by atoms with Crippen molar-refractivity contribution in [2.24, 2.45) is 0 Å². The first-order valence-corrected chi connectivity index (χ1v) is 6.29. The standard InChI is InChI=1S/C14H19FN2O/c1-17(2)13(18)16-14(9-3-4-10-14)11-5-7-12(15)8-6-11/h5-8H,3-4,9-10H2,1-2H3,(H,16,18). The quantitative estimate of drug-likeness (QED) is 0.860. The van der Waals surface area contributed by atoms with Gasteiger partial charge in [0, 0.05) is 14.1 Å². The molecule has 3 nitrogen and oxygen atoms in total. The van der Waals surface area contributed by atoms with E-state index in [1.807, 2.05) is 0 Å². The second kappa shape index (κ2) is 4.96. The molecule has 0 unspecified atom stereocenters. The SMILES string of the molecule is CN(C)C(=O)NC1(c2ccc(F)cc2)CCCC1. The second-order valence-corrected chi connectivity index (χ2v) is 5.12. The highest BCUT2D eigenvalue weighted by Crippen LogP contribution is 2.38. The maximum absolute atomic E-state index is 13.0. The largest absolute Gasteiger partial charge is 0.331 e. The van der Waals surface area contributed by atoms with E-state index >= 15 is 0 Å². The van der Waals surface area contributed by atoms with Gasteiger partial charge in [0.2, 0.25) is 0 Å². The Balaban J connectivity index is 2.26. The fraction of sp³-hybridized carbons (Fsp3) is 0.500. The Bertz CT molecular complexity index is 422. The number of benzene rings is 1. The number of hydrogen-bond acceptors (Lipinski definition) is 1. The maximum Gasteiger partial charge on any atom is 0.317 e. The molecule has 0 atom stereocenters. The molecule has 2 amide bonds. The number of amides is 2. The summed E-state index contributed by atoms with van der Waals surface area (Å²) >= 11 is 0. The van der Waals surface area contributed by atoms with E-state index in [9.17, 15) is 9.18 Å². The molecule has 0 aromatic heterocycles. The molecule has 1 aliphatic carbocycles. The van der Waals surface area contributed by atoms with Crippen LogP contribution in [0.4, 0.5) is 9.18 Å². The summed E-state index contributed by atoms with van der Waals surface area (Å²) < 4.78 is 13.0. The van der Waals surface area contributed by atoms with Gasteiger partial charge in [-0.2, -0.15) is 0 Å². The average Bonchev–Trinajstić information content (AvgIpc) is 2.79. The van der Waals surface area contributed by atoms with Crippen LogP contribution in [0.5, 0.6) is 0 Å². The highest BCUT2D eigenvalue weighted by molar-refractivity contribution is 5.74. The summed E-state index contributed by atoms with van der Waals surface area (Å²) in [5.74, 6) is -0.245. The van der Waals surface area contributed by atoms with Crippen molar-refractivity contribution in [1.29, 1.82) is 0 Å². The molecule has 1 aromatic rings. The number of carbonyl (C=O) groups is 1. The summed E-state index contributed by atoms with van der Waals surface area (Å²) in [6.07, 6.45) is 4.01. The van der Waals surface area contributed by atoms with E-state index in [1.165, 1.54) is 17.0 Å². The van der Waals surface area contributed by atoms with Gasteiger partial charge in [0.05, 0.1) is 5.54 Å². The Morgan fingerprint density at radius 1 is 1.22 bits per heavy atom. The molecule has 0 heterocycles. The van der Waals surface area contributed by atoms with Crippen LogP contribution >= 0.6 is 0 Å². The van der Waals surface area contributed by atoms with Crippen molar-refractivity contribution in [2.75, 3.05) is 14.1 Å². The molecule has 2 rings (SSSR count). The molecule has 98 valence electrons. The van der Waals surface area contributed by atoms with E-state index in [4.69, 9.17) is 0 Å². The second-order valence-electron chi connectivity index (χ2n) is 5.12. The molecule has 0 bridgehead atoms. The number of urea groups is 1. The van der Waals surface area contributed by atoms with E-state index in [0.29, 0.717) is 0 Å². The van der Waals surface area contributed by atoms with Gasteiger partial charge < -0.3 is 10.2 Å². The average molecular weight is 250 g/mol.